The van der Waals surface area contributed by atoms with Crippen molar-refractivity contribution >= 4 is 21.5 Å². The van der Waals surface area contributed by atoms with Crippen LogP contribution in [0.3, 0.4) is 0 Å². The monoisotopic (exact) mass is 312 g/mol. The molecular weight excluding hydrogens is 300 g/mol. The van der Waals surface area contributed by atoms with Crippen molar-refractivity contribution in [2.45, 2.75) is 4.90 Å². The highest BCUT2D eigenvalue weighted by atomic mass is 32.2. The van der Waals surface area contributed by atoms with Crippen LogP contribution >= 0.6 is 0 Å². The number of benzene rings is 2. The van der Waals surface area contributed by atoms with Gasteiger partial charge in [0, 0.05) is 12.1 Å². The number of nitro groups is 1. The lowest BCUT2D eigenvalue weighted by Gasteiger charge is -1.96. The lowest BCUT2D eigenvalue weighted by atomic mass is 10.2. The number of non-ortho nitro benzene ring substituents is 1. The van der Waals surface area contributed by atoms with Gasteiger partial charge >= 0.3 is 0 Å². The predicted molar refractivity (Wildman–Crippen MR) is 75.4 cm³/mol. The molecule has 0 aliphatic rings. The molecule has 2 aromatic carbocycles. The molecule has 0 bridgehead atoms. The Morgan fingerprint density at radius 1 is 1.10 bits per heavy atom. The predicted octanol–water partition coefficient (Wildman–Crippen LogP) is 1.82. The minimum Gasteiger partial charge on any atom is -0.506 e. The normalized spacial score (nSPS) is 10.3. The number of nitrogens with zero attached hydrogens (tertiary/aromatic N) is 1. The molecule has 21 heavy (non-hydrogen) atoms. The van der Waals surface area contributed by atoms with Gasteiger partial charge in [-0.3, -0.25) is 14.7 Å². The second-order valence-corrected chi connectivity index (χ2v) is 5.21. The third-order valence-electron chi connectivity index (χ3n) is 2.26. The van der Waals surface area contributed by atoms with Crippen molar-refractivity contribution < 1.29 is 23.0 Å². The number of rotatable bonds is 2. The largest absolute Gasteiger partial charge is 0.506 e. The summed E-state index contributed by atoms with van der Waals surface area (Å²) < 4.78 is 29.2. The van der Waals surface area contributed by atoms with Crippen LogP contribution in [0.2, 0.25) is 0 Å². The first kappa shape index (κ1) is 16.4. The van der Waals surface area contributed by atoms with E-state index in [4.69, 9.17) is 15.4 Å². The molecule has 0 aliphatic heterocycles. The Balaban J connectivity index is 0.000000211. The molecule has 0 atom stereocenters. The molecule has 9 heteroatoms. The molecular formula is C12H12N2O6S. The van der Waals surface area contributed by atoms with Crippen molar-refractivity contribution in [2.24, 2.45) is 0 Å². The Hall–Kier alpha value is -2.65. The van der Waals surface area contributed by atoms with Gasteiger partial charge in [0.1, 0.15) is 5.75 Å². The molecule has 4 N–H and O–H groups in total. The van der Waals surface area contributed by atoms with Crippen molar-refractivity contribution in [3.8, 4) is 5.75 Å². The van der Waals surface area contributed by atoms with Crippen molar-refractivity contribution in [1.29, 1.82) is 0 Å². The van der Waals surface area contributed by atoms with Crippen LogP contribution in [-0.2, 0) is 10.1 Å². The van der Waals surface area contributed by atoms with E-state index in [1.165, 1.54) is 24.3 Å². The van der Waals surface area contributed by atoms with E-state index in [2.05, 4.69) is 0 Å². The van der Waals surface area contributed by atoms with E-state index in [0.29, 0.717) is 0 Å². The van der Waals surface area contributed by atoms with Crippen molar-refractivity contribution in [3.05, 3.63) is 58.6 Å². The Bertz CT molecular complexity index is 731. The molecule has 2 rings (SSSR count). The van der Waals surface area contributed by atoms with Crippen LogP contribution in [0, 0.1) is 10.1 Å². The Morgan fingerprint density at radius 3 is 2.05 bits per heavy atom. The van der Waals surface area contributed by atoms with Gasteiger partial charge < -0.3 is 10.8 Å². The number of hydrogen-bond acceptors (Lipinski definition) is 6. The third-order valence-corrected chi connectivity index (χ3v) is 3.13. The SMILES string of the molecule is Nc1cc([N+](=O)[O-])ccc1O.O=S(=O)(O)c1ccccc1. The first-order chi connectivity index (χ1) is 9.71. The van der Waals surface area contributed by atoms with Gasteiger partial charge in [0.15, 0.2) is 0 Å². The van der Waals surface area contributed by atoms with Crippen LogP contribution in [0.5, 0.6) is 5.75 Å². The molecule has 0 saturated carbocycles. The number of aromatic hydroxyl groups is 1. The number of nitrogen functional groups attached to an aromatic ring is 1. The average molecular weight is 312 g/mol. The standard InChI is InChI=1S/C6H6N2O3.C6H6O3S/c7-5-3-4(8(10)11)1-2-6(5)9;7-10(8,9)6-4-2-1-3-5-6/h1-3,9H,7H2;1-5H,(H,7,8,9). The van der Waals surface area contributed by atoms with Crippen LogP contribution in [0.1, 0.15) is 0 Å². The van der Waals surface area contributed by atoms with Crippen LogP contribution in [0.25, 0.3) is 0 Å². The molecule has 8 nitrogen and oxygen atoms in total. The molecule has 0 aromatic heterocycles. The molecule has 0 fully saturated rings. The molecule has 0 aliphatic carbocycles. The number of phenols is 1. The molecule has 0 saturated heterocycles. The topological polar surface area (TPSA) is 144 Å². The quantitative estimate of drug-likeness (QED) is 0.252. The smallest absolute Gasteiger partial charge is 0.294 e. The molecule has 0 amide bonds. The van der Waals surface area contributed by atoms with E-state index >= 15 is 0 Å². The zero-order valence-corrected chi connectivity index (χ0v) is 11.4. The highest BCUT2D eigenvalue weighted by Gasteiger charge is 2.07. The van der Waals surface area contributed by atoms with Gasteiger partial charge in [-0.2, -0.15) is 8.42 Å². The van der Waals surface area contributed by atoms with E-state index in [9.17, 15) is 18.5 Å². The zero-order valence-electron chi connectivity index (χ0n) is 10.6. The number of phenolic OH excluding ortho intramolecular Hbond substituents is 1. The van der Waals surface area contributed by atoms with Gasteiger partial charge in [-0.25, -0.2) is 0 Å². The number of nitrogens with two attached hydrogens (primary N) is 1. The summed E-state index contributed by atoms with van der Waals surface area (Å²) in [6.07, 6.45) is 0. The summed E-state index contributed by atoms with van der Waals surface area (Å²) in [5.41, 5.74) is 5.09. The summed E-state index contributed by atoms with van der Waals surface area (Å²) in [4.78, 5) is 9.49. The van der Waals surface area contributed by atoms with Crippen LogP contribution < -0.4 is 5.73 Å². The van der Waals surface area contributed by atoms with E-state index < -0.39 is 15.0 Å². The summed E-state index contributed by atoms with van der Waals surface area (Å²) in [5.74, 6) is -0.143. The molecule has 112 valence electrons. The van der Waals surface area contributed by atoms with Crippen molar-refractivity contribution in [2.75, 3.05) is 5.73 Å². The molecule has 0 spiro atoms. The maximum Gasteiger partial charge on any atom is 0.294 e. The van der Waals surface area contributed by atoms with Gasteiger partial charge in [-0.1, -0.05) is 18.2 Å². The van der Waals surface area contributed by atoms with E-state index in [0.717, 1.165) is 6.07 Å². The summed E-state index contributed by atoms with van der Waals surface area (Å²) >= 11 is 0. The minimum atomic E-state index is -4.00. The minimum absolute atomic E-state index is 0.0131. The average Bonchev–Trinajstić information content (AvgIpc) is 2.42. The summed E-state index contributed by atoms with van der Waals surface area (Å²) in [7, 11) is -4.00. The van der Waals surface area contributed by atoms with Crippen LogP contribution in [0.4, 0.5) is 11.4 Å². The molecule has 0 heterocycles. The van der Waals surface area contributed by atoms with Crippen molar-refractivity contribution in [1.82, 2.24) is 0 Å². The summed E-state index contributed by atoms with van der Waals surface area (Å²) in [6, 6.07) is 10.9. The number of anilines is 1. The van der Waals surface area contributed by atoms with Crippen LogP contribution in [-0.4, -0.2) is 23.0 Å². The number of nitro benzene ring substituents is 1. The van der Waals surface area contributed by atoms with Gasteiger partial charge in [0.2, 0.25) is 0 Å². The fraction of sp³-hybridized carbons (Fsp3) is 0. The van der Waals surface area contributed by atoms with Gasteiger partial charge in [-0.05, 0) is 18.2 Å². The number of hydrogen-bond donors (Lipinski definition) is 3. The zero-order chi connectivity index (χ0) is 16.0. The molecule has 2 aromatic rings. The van der Waals surface area contributed by atoms with Gasteiger partial charge in [-0.15, -0.1) is 0 Å². The highest BCUT2D eigenvalue weighted by Crippen LogP contribution is 2.24. The lowest BCUT2D eigenvalue weighted by Crippen LogP contribution is -1.96. The fourth-order valence-electron chi connectivity index (χ4n) is 1.25. The maximum absolute atomic E-state index is 10.4. The Morgan fingerprint density at radius 2 is 1.67 bits per heavy atom. The van der Waals surface area contributed by atoms with Crippen molar-refractivity contribution in [3.63, 3.8) is 0 Å². The van der Waals surface area contributed by atoms with E-state index in [-0.39, 0.29) is 22.0 Å². The fourth-order valence-corrected chi connectivity index (χ4v) is 1.75. The maximum atomic E-state index is 10.4. The van der Waals surface area contributed by atoms with Gasteiger partial charge in [0.05, 0.1) is 15.5 Å². The lowest BCUT2D eigenvalue weighted by molar-refractivity contribution is -0.384. The first-order valence-corrected chi connectivity index (χ1v) is 6.91. The second kappa shape index (κ2) is 6.68. The molecule has 0 unspecified atom stereocenters. The Labute approximate surface area is 120 Å². The summed E-state index contributed by atoms with van der Waals surface area (Å²) in [5, 5.41) is 19.0. The second-order valence-electron chi connectivity index (χ2n) is 3.79. The van der Waals surface area contributed by atoms with E-state index in [1.54, 1.807) is 18.2 Å². The van der Waals surface area contributed by atoms with Crippen LogP contribution in [0.15, 0.2) is 53.4 Å². The highest BCUT2D eigenvalue weighted by molar-refractivity contribution is 7.85. The summed E-state index contributed by atoms with van der Waals surface area (Å²) in [6.45, 7) is 0. The first-order valence-electron chi connectivity index (χ1n) is 5.47. The van der Waals surface area contributed by atoms with Gasteiger partial charge in [0.25, 0.3) is 15.8 Å². The molecule has 0 radical (unpaired) electrons. The third kappa shape index (κ3) is 5.09. The Kier molecular flexibility index (Phi) is 5.22. The van der Waals surface area contributed by atoms with E-state index in [1.807, 2.05) is 0 Å².